The zero-order valence-electron chi connectivity index (χ0n) is 16.3. The predicted molar refractivity (Wildman–Crippen MR) is 122 cm³/mol. The Kier molecular flexibility index (Phi) is 4.62. The molecule has 5 aromatic rings. The summed E-state index contributed by atoms with van der Waals surface area (Å²) in [6.45, 7) is 1.89. The number of primary sulfonamides is 1. The summed E-state index contributed by atoms with van der Waals surface area (Å²) in [6, 6.07) is 16.3. The van der Waals surface area contributed by atoms with Crippen LogP contribution in [0.3, 0.4) is 0 Å². The zero-order valence-corrected chi connectivity index (χ0v) is 17.9. The van der Waals surface area contributed by atoms with Gasteiger partial charge in [0.1, 0.15) is 5.52 Å². The number of hydrogen-bond acceptors (Lipinski definition) is 8. The maximum absolute atomic E-state index is 12.4. The first-order chi connectivity index (χ1) is 14.9. The lowest BCUT2D eigenvalue weighted by atomic mass is 10.0. The first-order valence-electron chi connectivity index (χ1n) is 9.28. The third kappa shape index (κ3) is 3.61. The Morgan fingerprint density at radius 2 is 1.81 bits per heavy atom. The average molecular weight is 449 g/mol. The van der Waals surface area contributed by atoms with E-state index in [1.54, 1.807) is 12.3 Å². The number of benzene rings is 3. The summed E-state index contributed by atoms with van der Waals surface area (Å²) in [5.74, 6) is 0. The largest absolute Gasteiger partial charge is 0.355 e. The number of aromatic nitrogens is 4. The molecule has 0 bridgehead atoms. The van der Waals surface area contributed by atoms with Crippen molar-refractivity contribution in [3.63, 3.8) is 0 Å². The van der Waals surface area contributed by atoms with Crippen molar-refractivity contribution < 1.29 is 8.42 Å². The van der Waals surface area contributed by atoms with Gasteiger partial charge in [-0.05, 0) is 60.4 Å². The molecule has 8 nitrogen and oxygen atoms in total. The summed E-state index contributed by atoms with van der Waals surface area (Å²) in [6.07, 6.45) is 1.56. The van der Waals surface area contributed by atoms with Gasteiger partial charge in [0.25, 0.3) is 0 Å². The fourth-order valence-electron chi connectivity index (χ4n) is 3.42. The van der Waals surface area contributed by atoms with Gasteiger partial charge in [0.05, 0.1) is 38.2 Å². The van der Waals surface area contributed by atoms with E-state index < -0.39 is 10.0 Å². The molecular weight excluding hydrogens is 432 g/mol. The van der Waals surface area contributed by atoms with Gasteiger partial charge in [-0.2, -0.15) is 0 Å². The van der Waals surface area contributed by atoms with Gasteiger partial charge in [-0.25, -0.2) is 18.5 Å². The second kappa shape index (κ2) is 7.34. The minimum atomic E-state index is -4.02. The highest BCUT2D eigenvalue weighted by Crippen LogP contribution is 2.38. The second-order valence-electron chi connectivity index (χ2n) is 7.00. The molecule has 2 aromatic heterocycles. The number of sulfonamides is 1. The minimum absolute atomic E-state index is 0.0263. The zero-order chi connectivity index (χ0) is 21.6. The summed E-state index contributed by atoms with van der Waals surface area (Å²) < 4.78 is 29.8. The Labute approximate surface area is 182 Å². The third-order valence-electron chi connectivity index (χ3n) is 4.90. The van der Waals surface area contributed by atoms with Crippen LogP contribution in [0.2, 0.25) is 0 Å². The number of rotatable bonds is 4. The topological polar surface area (TPSA) is 124 Å². The highest BCUT2D eigenvalue weighted by Gasteiger charge is 2.22. The molecule has 31 heavy (non-hydrogen) atoms. The molecule has 0 unspecified atom stereocenters. The fraction of sp³-hybridized carbons (Fsp3) is 0.0476. The lowest BCUT2D eigenvalue weighted by molar-refractivity contribution is 0.598. The summed E-state index contributed by atoms with van der Waals surface area (Å²) >= 11 is 1.31. The van der Waals surface area contributed by atoms with E-state index in [1.807, 2.05) is 49.4 Å². The van der Waals surface area contributed by atoms with Crippen LogP contribution in [0.5, 0.6) is 0 Å². The van der Waals surface area contributed by atoms with Crippen LogP contribution < -0.4 is 10.5 Å². The van der Waals surface area contributed by atoms with Crippen LogP contribution in [0.4, 0.5) is 11.4 Å². The van der Waals surface area contributed by atoms with Gasteiger partial charge in [-0.1, -0.05) is 22.7 Å². The van der Waals surface area contributed by atoms with Crippen LogP contribution in [-0.4, -0.2) is 28.0 Å². The van der Waals surface area contributed by atoms with Gasteiger partial charge in [0, 0.05) is 11.3 Å². The van der Waals surface area contributed by atoms with Crippen LogP contribution in [0.1, 0.15) is 5.56 Å². The van der Waals surface area contributed by atoms with Crippen LogP contribution >= 0.6 is 11.5 Å². The van der Waals surface area contributed by atoms with E-state index in [1.165, 1.54) is 17.6 Å². The highest BCUT2D eigenvalue weighted by atomic mass is 32.2. The van der Waals surface area contributed by atoms with Crippen molar-refractivity contribution >= 4 is 54.2 Å². The third-order valence-corrected chi connectivity index (χ3v) is 6.56. The number of nitrogens with one attached hydrogen (secondary N) is 1. The van der Waals surface area contributed by atoms with Gasteiger partial charge in [-0.3, -0.25) is 4.98 Å². The molecule has 0 aliphatic heterocycles. The molecule has 10 heteroatoms. The molecule has 0 radical (unpaired) electrons. The molecule has 2 heterocycles. The summed E-state index contributed by atoms with van der Waals surface area (Å²) in [7, 11) is -4.02. The van der Waals surface area contributed by atoms with Crippen LogP contribution in [0.25, 0.3) is 32.5 Å². The standard InChI is InChI=1S/C21H16N6O2S2/c1-12-6-9-19(31(22,28)29)20(17-11-23-14-4-2-3-5-15(14)25-17)21(12)24-13-7-8-18-16(10-13)26-27-30-18/h2-11,24H,1H3,(H2,22,28,29). The average Bonchev–Trinajstić information content (AvgIpc) is 3.22. The molecule has 3 aromatic carbocycles. The number of nitrogens with zero attached hydrogens (tertiary/aromatic N) is 4. The molecule has 3 N–H and O–H groups in total. The fourth-order valence-corrected chi connectivity index (χ4v) is 4.71. The van der Waals surface area contributed by atoms with Crippen molar-refractivity contribution in [2.75, 3.05) is 5.32 Å². The van der Waals surface area contributed by atoms with Gasteiger partial charge in [0.2, 0.25) is 10.0 Å². The molecule has 5 rings (SSSR count). The SMILES string of the molecule is Cc1ccc(S(N)(=O)=O)c(-c2cnc3ccccc3n2)c1Nc1ccc2snnc2c1. The molecule has 154 valence electrons. The summed E-state index contributed by atoms with van der Waals surface area (Å²) in [4.78, 5) is 9.08. The van der Waals surface area contributed by atoms with Crippen molar-refractivity contribution in [1.29, 1.82) is 0 Å². The Morgan fingerprint density at radius 3 is 2.61 bits per heavy atom. The van der Waals surface area contributed by atoms with Gasteiger partial charge in [0.15, 0.2) is 0 Å². The first kappa shape index (κ1) is 19.5. The lowest BCUT2D eigenvalue weighted by Gasteiger charge is -2.18. The van der Waals surface area contributed by atoms with Gasteiger partial charge in [-0.15, -0.1) is 5.10 Å². The monoisotopic (exact) mass is 448 g/mol. The maximum atomic E-state index is 12.4. The van der Waals surface area contributed by atoms with E-state index in [2.05, 4.69) is 24.9 Å². The van der Waals surface area contributed by atoms with E-state index in [-0.39, 0.29) is 4.90 Å². The van der Waals surface area contributed by atoms with Crippen molar-refractivity contribution in [2.24, 2.45) is 5.14 Å². The van der Waals surface area contributed by atoms with E-state index in [9.17, 15) is 8.42 Å². The Morgan fingerprint density at radius 1 is 1.00 bits per heavy atom. The van der Waals surface area contributed by atoms with Crippen LogP contribution in [-0.2, 0) is 10.0 Å². The van der Waals surface area contributed by atoms with E-state index in [4.69, 9.17) is 5.14 Å². The predicted octanol–water partition coefficient (Wildman–Crippen LogP) is 4.00. The molecule has 0 aliphatic carbocycles. The molecule has 0 saturated carbocycles. The second-order valence-corrected chi connectivity index (χ2v) is 9.32. The molecule has 0 amide bonds. The number of fused-ring (bicyclic) bond motifs is 2. The van der Waals surface area contributed by atoms with Crippen molar-refractivity contribution in [3.8, 4) is 11.3 Å². The Bertz CT molecular complexity index is 1560. The summed E-state index contributed by atoms with van der Waals surface area (Å²) in [5, 5.41) is 13.0. The van der Waals surface area contributed by atoms with E-state index >= 15 is 0 Å². The van der Waals surface area contributed by atoms with Gasteiger partial charge < -0.3 is 5.32 Å². The van der Waals surface area contributed by atoms with Crippen molar-refractivity contribution in [1.82, 2.24) is 19.6 Å². The molecule has 0 atom stereocenters. The normalized spacial score (nSPS) is 11.8. The first-order valence-corrected chi connectivity index (χ1v) is 11.6. The Balaban J connectivity index is 1.74. The van der Waals surface area contributed by atoms with Crippen LogP contribution in [0.15, 0.2) is 65.7 Å². The number of hydrogen-bond donors (Lipinski definition) is 2. The molecule has 0 aliphatic rings. The minimum Gasteiger partial charge on any atom is -0.355 e. The molecule has 0 spiro atoms. The highest BCUT2D eigenvalue weighted by molar-refractivity contribution is 7.89. The van der Waals surface area contributed by atoms with Gasteiger partial charge >= 0.3 is 0 Å². The smallest absolute Gasteiger partial charge is 0.238 e. The van der Waals surface area contributed by atoms with E-state index in [0.29, 0.717) is 28.0 Å². The Hall–Kier alpha value is -3.47. The van der Waals surface area contributed by atoms with Crippen LogP contribution in [0, 0.1) is 6.92 Å². The molecule has 0 fully saturated rings. The summed E-state index contributed by atoms with van der Waals surface area (Å²) in [5.41, 5.74) is 5.05. The lowest BCUT2D eigenvalue weighted by Crippen LogP contribution is -2.15. The quantitative estimate of drug-likeness (QED) is 0.426. The maximum Gasteiger partial charge on any atom is 0.238 e. The van der Waals surface area contributed by atoms with Crippen molar-refractivity contribution in [3.05, 3.63) is 66.4 Å². The number of aryl methyl sites for hydroxylation is 1. The van der Waals surface area contributed by atoms with Crippen molar-refractivity contribution in [2.45, 2.75) is 11.8 Å². The number of para-hydroxylation sites is 2. The molecular formula is C21H16N6O2S2. The number of anilines is 2. The van der Waals surface area contributed by atoms with E-state index in [0.717, 1.165) is 21.5 Å². The molecule has 0 saturated heterocycles. The number of nitrogens with two attached hydrogens (primary N) is 1.